The van der Waals surface area contributed by atoms with Gasteiger partial charge in [-0.1, -0.05) is 0 Å². The molecule has 0 spiro atoms. The Labute approximate surface area is 136 Å². The summed E-state index contributed by atoms with van der Waals surface area (Å²) in [7, 11) is -2.12. The number of methoxy groups -OCH3 is 1. The number of anilines is 1. The second-order valence-electron chi connectivity index (χ2n) is 5.46. The van der Waals surface area contributed by atoms with Gasteiger partial charge in [-0.3, -0.25) is 0 Å². The van der Waals surface area contributed by atoms with E-state index in [9.17, 15) is 8.42 Å². The SMILES string of the molecule is COc1ccc(S(=O)(=O)c2ccc(N3CCCCC3)nn2)cc1. The quantitative estimate of drug-likeness (QED) is 0.855. The van der Waals surface area contributed by atoms with Crippen LogP contribution in [0.1, 0.15) is 19.3 Å². The molecule has 1 aromatic heterocycles. The van der Waals surface area contributed by atoms with Crippen LogP contribution in [0.2, 0.25) is 0 Å². The van der Waals surface area contributed by atoms with Gasteiger partial charge >= 0.3 is 0 Å². The maximum Gasteiger partial charge on any atom is 0.225 e. The van der Waals surface area contributed by atoms with Gasteiger partial charge in [-0.25, -0.2) is 8.42 Å². The number of sulfone groups is 1. The maximum atomic E-state index is 12.6. The number of ether oxygens (including phenoxy) is 1. The van der Waals surface area contributed by atoms with Crippen molar-refractivity contribution in [2.24, 2.45) is 0 Å². The van der Waals surface area contributed by atoms with Gasteiger partial charge in [0.15, 0.2) is 10.8 Å². The number of rotatable bonds is 4. The zero-order valence-corrected chi connectivity index (χ0v) is 13.8. The Balaban J connectivity index is 1.84. The summed E-state index contributed by atoms with van der Waals surface area (Å²) in [6.07, 6.45) is 3.50. The van der Waals surface area contributed by atoms with Gasteiger partial charge in [0.2, 0.25) is 9.84 Å². The highest BCUT2D eigenvalue weighted by Crippen LogP contribution is 2.23. The van der Waals surface area contributed by atoms with Gasteiger partial charge in [0.1, 0.15) is 5.75 Å². The first-order chi connectivity index (χ1) is 11.1. The lowest BCUT2D eigenvalue weighted by Crippen LogP contribution is -2.30. The minimum absolute atomic E-state index is 0.0385. The van der Waals surface area contributed by atoms with E-state index >= 15 is 0 Å². The molecule has 2 heterocycles. The van der Waals surface area contributed by atoms with Crippen LogP contribution in [0.3, 0.4) is 0 Å². The molecule has 0 unspecified atom stereocenters. The van der Waals surface area contributed by atoms with Gasteiger partial charge < -0.3 is 9.64 Å². The zero-order valence-electron chi connectivity index (χ0n) is 13.0. The van der Waals surface area contributed by atoms with Gasteiger partial charge in [-0.15, -0.1) is 10.2 Å². The molecule has 3 rings (SSSR count). The Kier molecular flexibility index (Phi) is 4.47. The molecule has 1 aliphatic heterocycles. The second-order valence-corrected chi connectivity index (χ2v) is 7.35. The topological polar surface area (TPSA) is 72.4 Å². The highest BCUT2D eigenvalue weighted by molar-refractivity contribution is 7.91. The van der Waals surface area contributed by atoms with E-state index in [2.05, 4.69) is 15.1 Å². The number of piperidine rings is 1. The van der Waals surface area contributed by atoms with Crippen molar-refractivity contribution in [3.05, 3.63) is 36.4 Å². The van der Waals surface area contributed by atoms with Crippen LogP contribution >= 0.6 is 0 Å². The smallest absolute Gasteiger partial charge is 0.225 e. The van der Waals surface area contributed by atoms with Crippen LogP contribution in [-0.4, -0.2) is 38.8 Å². The third kappa shape index (κ3) is 3.29. The predicted molar refractivity (Wildman–Crippen MR) is 86.5 cm³/mol. The summed E-state index contributed by atoms with van der Waals surface area (Å²) in [6, 6.07) is 9.50. The molecule has 1 saturated heterocycles. The molecule has 0 saturated carbocycles. The van der Waals surface area contributed by atoms with Crippen LogP contribution in [0.15, 0.2) is 46.3 Å². The van der Waals surface area contributed by atoms with Gasteiger partial charge in [-0.2, -0.15) is 0 Å². The summed E-state index contributed by atoms with van der Waals surface area (Å²) >= 11 is 0. The summed E-state index contributed by atoms with van der Waals surface area (Å²) in [4.78, 5) is 2.32. The van der Waals surface area contributed by atoms with E-state index < -0.39 is 9.84 Å². The van der Waals surface area contributed by atoms with Crippen molar-refractivity contribution in [1.29, 1.82) is 0 Å². The first kappa shape index (κ1) is 15.7. The van der Waals surface area contributed by atoms with E-state index in [0.717, 1.165) is 31.7 Å². The standard InChI is InChI=1S/C16H19N3O3S/c1-22-13-5-7-14(8-6-13)23(20,21)16-10-9-15(17-18-16)19-11-3-2-4-12-19/h5-10H,2-4,11-12H2,1H3. The maximum absolute atomic E-state index is 12.6. The summed E-state index contributed by atoms with van der Waals surface area (Å²) < 4.78 is 30.2. The van der Waals surface area contributed by atoms with Crippen molar-refractivity contribution in [2.45, 2.75) is 29.2 Å². The molecular weight excluding hydrogens is 314 g/mol. The summed E-state index contributed by atoms with van der Waals surface area (Å²) in [6.45, 7) is 1.89. The van der Waals surface area contributed by atoms with Crippen LogP contribution < -0.4 is 9.64 Å². The normalized spacial score (nSPS) is 15.4. The first-order valence-corrected chi connectivity index (χ1v) is 9.07. The minimum Gasteiger partial charge on any atom is -0.497 e. The molecule has 122 valence electrons. The highest BCUT2D eigenvalue weighted by Gasteiger charge is 2.21. The van der Waals surface area contributed by atoms with Crippen molar-refractivity contribution < 1.29 is 13.2 Å². The molecule has 0 aliphatic carbocycles. The Morgan fingerprint density at radius 1 is 0.957 bits per heavy atom. The molecule has 2 aromatic rings. The Hall–Kier alpha value is -2.15. The molecule has 0 amide bonds. The lowest BCUT2D eigenvalue weighted by molar-refractivity contribution is 0.414. The molecular formula is C16H19N3O3S. The Bertz CT molecular complexity index is 752. The van der Waals surface area contributed by atoms with Crippen molar-refractivity contribution >= 4 is 15.7 Å². The number of benzene rings is 1. The van der Waals surface area contributed by atoms with E-state index in [-0.39, 0.29) is 9.92 Å². The number of aromatic nitrogens is 2. The van der Waals surface area contributed by atoms with Crippen LogP contribution in [0.4, 0.5) is 5.82 Å². The van der Waals surface area contributed by atoms with Crippen LogP contribution in [0, 0.1) is 0 Å². The number of nitrogens with zero attached hydrogens (tertiary/aromatic N) is 3. The lowest BCUT2D eigenvalue weighted by atomic mass is 10.1. The summed E-state index contributed by atoms with van der Waals surface area (Å²) in [5.41, 5.74) is 0. The molecule has 6 nitrogen and oxygen atoms in total. The number of hydrogen-bond donors (Lipinski definition) is 0. The van der Waals surface area contributed by atoms with Gasteiger partial charge in [0.25, 0.3) is 0 Å². The molecule has 1 aliphatic rings. The molecule has 1 fully saturated rings. The Morgan fingerprint density at radius 3 is 2.22 bits per heavy atom. The fourth-order valence-corrected chi connectivity index (χ4v) is 3.75. The fourth-order valence-electron chi connectivity index (χ4n) is 2.62. The molecule has 7 heteroatoms. The average molecular weight is 333 g/mol. The molecule has 0 N–H and O–H groups in total. The second kappa shape index (κ2) is 6.54. The predicted octanol–water partition coefficient (Wildman–Crippen LogP) is 2.31. The summed E-state index contributed by atoms with van der Waals surface area (Å²) in [5, 5.41) is 8.00. The monoisotopic (exact) mass is 333 g/mol. The fraction of sp³-hybridized carbons (Fsp3) is 0.375. The molecule has 0 radical (unpaired) electrons. The minimum atomic E-state index is -3.66. The average Bonchev–Trinajstić information content (AvgIpc) is 2.62. The largest absolute Gasteiger partial charge is 0.497 e. The summed E-state index contributed by atoms with van der Waals surface area (Å²) in [5.74, 6) is 1.34. The Morgan fingerprint density at radius 2 is 1.65 bits per heavy atom. The van der Waals surface area contributed by atoms with Gasteiger partial charge in [-0.05, 0) is 55.7 Å². The highest BCUT2D eigenvalue weighted by atomic mass is 32.2. The third-order valence-corrected chi connectivity index (χ3v) is 5.61. The number of hydrogen-bond acceptors (Lipinski definition) is 6. The van der Waals surface area contributed by atoms with E-state index in [1.807, 2.05) is 0 Å². The van der Waals surface area contributed by atoms with Crippen LogP contribution in [-0.2, 0) is 9.84 Å². The van der Waals surface area contributed by atoms with Crippen molar-refractivity contribution in [3.63, 3.8) is 0 Å². The van der Waals surface area contributed by atoms with Crippen molar-refractivity contribution in [1.82, 2.24) is 10.2 Å². The molecule has 0 bridgehead atoms. The van der Waals surface area contributed by atoms with E-state index in [4.69, 9.17) is 4.74 Å². The van der Waals surface area contributed by atoms with E-state index in [1.54, 1.807) is 18.2 Å². The van der Waals surface area contributed by atoms with E-state index in [1.165, 1.54) is 31.7 Å². The third-order valence-electron chi connectivity index (χ3n) is 3.95. The lowest BCUT2D eigenvalue weighted by Gasteiger charge is -2.27. The van der Waals surface area contributed by atoms with Gasteiger partial charge in [0.05, 0.1) is 12.0 Å². The zero-order chi connectivity index (χ0) is 16.3. The van der Waals surface area contributed by atoms with Crippen molar-refractivity contribution in [3.8, 4) is 5.75 Å². The molecule has 1 aromatic carbocycles. The van der Waals surface area contributed by atoms with Crippen LogP contribution in [0.25, 0.3) is 0 Å². The first-order valence-electron chi connectivity index (χ1n) is 7.59. The van der Waals surface area contributed by atoms with E-state index in [0.29, 0.717) is 5.75 Å². The van der Waals surface area contributed by atoms with Crippen molar-refractivity contribution in [2.75, 3.05) is 25.1 Å². The van der Waals surface area contributed by atoms with Crippen LogP contribution in [0.5, 0.6) is 5.75 Å². The van der Waals surface area contributed by atoms with Gasteiger partial charge in [0, 0.05) is 13.1 Å². The molecule has 0 atom stereocenters. The molecule has 23 heavy (non-hydrogen) atoms.